The molecule has 2 aromatic rings. The Labute approximate surface area is 128 Å². The van der Waals surface area contributed by atoms with Gasteiger partial charge in [-0.1, -0.05) is 12.1 Å². The smallest absolute Gasteiger partial charge is 0.207 e. The Morgan fingerprint density at radius 1 is 1.00 bits per heavy atom. The molecule has 0 N–H and O–H groups in total. The second kappa shape index (κ2) is 5.78. The predicted molar refractivity (Wildman–Crippen MR) is 78.7 cm³/mol. The summed E-state index contributed by atoms with van der Waals surface area (Å²) in [5.74, 6) is -0.870. The summed E-state index contributed by atoms with van der Waals surface area (Å²) in [4.78, 5) is 0.0530. The minimum atomic E-state index is -3.72. The predicted octanol–water partition coefficient (Wildman–Crippen LogP) is 3.49. The van der Waals surface area contributed by atoms with Crippen molar-refractivity contribution in [3.63, 3.8) is 0 Å². The van der Waals surface area contributed by atoms with E-state index in [2.05, 4.69) is 0 Å². The lowest BCUT2D eigenvalue weighted by Crippen LogP contribution is -2.30. The second-order valence-corrected chi connectivity index (χ2v) is 7.17. The van der Waals surface area contributed by atoms with Crippen LogP contribution in [0.15, 0.2) is 53.4 Å². The first-order chi connectivity index (χ1) is 10.5. The van der Waals surface area contributed by atoms with Crippen molar-refractivity contribution < 1.29 is 17.2 Å². The van der Waals surface area contributed by atoms with Gasteiger partial charge in [0.25, 0.3) is 0 Å². The van der Waals surface area contributed by atoms with Crippen molar-refractivity contribution in [2.75, 3.05) is 6.54 Å². The summed E-state index contributed by atoms with van der Waals surface area (Å²) < 4.78 is 53.2. The Bertz CT molecular complexity index is 775. The summed E-state index contributed by atoms with van der Waals surface area (Å²) in [5, 5.41) is 0. The van der Waals surface area contributed by atoms with Gasteiger partial charge in [0, 0.05) is 6.54 Å². The number of nitrogens with zero attached hydrogens (tertiary/aromatic N) is 1. The van der Waals surface area contributed by atoms with E-state index in [1.54, 1.807) is 12.1 Å². The maximum atomic E-state index is 13.4. The highest BCUT2D eigenvalue weighted by Gasteiger charge is 2.36. The first-order valence-corrected chi connectivity index (χ1v) is 8.45. The van der Waals surface area contributed by atoms with Gasteiger partial charge >= 0.3 is 0 Å². The standard InChI is InChI=1S/C16H15F2NO2S/c17-13-6-8-15(9-7-13)22(20,21)19-10-2-5-16(19)12-3-1-4-14(18)11-12/h1,3-4,6-9,11,16H,2,5,10H2/t16-/m1/s1. The van der Waals surface area contributed by atoms with Crippen LogP contribution in [0.2, 0.25) is 0 Å². The van der Waals surface area contributed by atoms with Gasteiger partial charge in [0.05, 0.1) is 10.9 Å². The molecule has 1 heterocycles. The van der Waals surface area contributed by atoms with Crippen molar-refractivity contribution in [2.24, 2.45) is 0 Å². The van der Waals surface area contributed by atoms with E-state index >= 15 is 0 Å². The molecule has 1 aliphatic rings. The third kappa shape index (κ3) is 2.76. The van der Waals surface area contributed by atoms with Gasteiger partial charge in [-0.05, 0) is 54.8 Å². The fraction of sp³-hybridized carbons (Fsp3) is 0.250. The van der Waals surface area contributed by atoms with Crippen LogP contribution in [0.1, 0.15) is 24.4 Å². The number of benzene rings is 2. The van der Waals surface area contributed by atoms with Crippen molar-refractivity contribution >= 4 is 10.0 Å². The summed E-state index contributed by atoms with van der Waals surface area (Å²) in [6.07, 6.45) is 1.35. The molecular formula is C16H15F2NO2S. The number of hydrogen-bond donors (Lipinski definition) is 0. The second-order valence-electron chi connectivity index (χ2n) is 5.28. The van der Waals surface area contributed by atoms with E-state index in [1.165, 1.54) is 28.6 Å². The maximum absolute atomic E-state index is 13.4. The van der Waals surface area contributed by atoms with E-state index in [0.717, 1.165) is 12.1 Å². The molecule has 6 heteroatoms. The zero-order chi connectivity index (χ0) is 15.7. The molecule has 0 aromatic heterocycles. The van der Waals surface area contributed by atoms with Crippen LogP contribution in [0.25, 0.3) is 0 Å². The lowest BCUT2D eigenvalue weighted by molar-refractivity contribution is 0.395. The lowest BCUT2D eigenvalue weighted by Gasteiger charge is -2.24. The summed E-state index contributed by atoms with van der Waals surface area (Å²) in [6, 6.07) is 10.4. The number of rotatable bonds is 3. The van der Waals surface area contributed by atoms with Crippen LogP contribution in [-0.4, -0.2) is 19.3 Å². The van der Waals surface area contributed by atoms with Gasteiger partial charge in [-0.15, -0.1) is 0 Å². The normalized spacial score (nSPS) is 19.5. The molecule has 0 radical (unpaired) electrons. The zero-order valence-electron chi connectivity index (χ0n) is 11.7. The van der Waals surface area contributed by atoms with Gasteiger partial charge in [-0.25, -0.2) is 17.2 Å². The van der Waals surface area contributed by atoms with Gasteiger partial charge in [0.15, 0.2) is 0 Å². The number of sulfonamides is 1. The molecule has 3 nitrogen and oxygen atoms in total. The Morgan fingerprint density at radius 2 is 1.73 bits per heavy atom. The van der Waals surface area contributed by atoms with Crippen LogP contribution in [0, 0.1) is 11.6 Å². The Kier molecular flexibility index (Phi) is 3.97. The van der Waals surface area contributed by atoms with Crippen molar-refractivity contribution in [1.82, 2.24) is 4.31 Å². The molecule has 116 valence electrons. The van der Waals surface area contributed by atoms with Gasteiger partial charge < -0.3 is 0 Å². The average Bonchev–Trinajstić information content (AvgIpc) is 2.98. The molecule has 1 aliphatic heterocycles. The van der Waals surface area contributed by atoms with E-state index in [9.17, 15) is 17.2 Å². The Morgan fingerprint density at radius 3 is 2.41 bits per heavy atom. The molecular weight excluding hydrogens is 308 g/mol. The topological polar surface area (TPSA) is 37.4 Å². The Hall–Kier alpha value is -1.79. The molecule has 3 rings (SSSR count). The quantitative estimate of drug-likeness (QED) is 0.867. The molecule has 0 aliphatic carbocycles. The van der Waals surface area contributed by atoms with Crippen LogP contribution in [-0.2, 0) is 10.0 Å². The van der Waals surface area contributed by atoms with Crippen LogP contribution in [0.3, 0.4) is 0 Å². The zero-order valence-corrected chi connectivity index (χ0v) is 12.6. The first kappa shape index (κ1) is 15.1. The molecule has 0 saturated carbocycles. The fourth-order valence-electron chi connectivity index (χ4n) is 2.82. The third-order valence-corrected chi connectivity index (χ3v) is 5.78. The van der Waals surface area contributed by atoms with E-state index in [0.29, 0.717) is 24.9 Å². The first-order valence-electron chi connectivity index (χ1n) is 7.01. The molecule has 2 aromatic carbocycles. The van der Waals surface area contributed by atoms with E-state index in [-0.39, 0.29) is 16.8 Å². The van der Waals surface area contributed by atoms with Crippen LogP contribution >= 0.6 is 0 Å². The molecule has 0 spiro atoms. The van der Waals surface area contributed by atoms with Gasteiger partial charge in [-0.3, -0.25) is 0 Å². The largest absolute Gasteiger partial charge is 0.243 e. The third-order valence-electron chi connectivity index (χ3n) is 3.86. The molecule has 0 amide bonds. The van der Waals surface area contributed by atoms with E-state index in [4.69, 9.17) is 0 Å². The minimum absolute atomic E-state index is 0.0530. The van der Waals surface area contributed by atoms with Crippen LogP contribution in [0.5, 0.6) is 0 Å². The molecule has 1 saturated heterocycles. The summed E-state index contributed by atoms with van der Waals surface area (Å²) in [5.41, 5.74) is 0.642. The molecule has 0 unspecified atom stereocenters. The highest BCUT2D eigenvalue weighted by molar-refractivity contribution is 7.89. The van der Waals surface area contributed by atoms with Gasteiger partial charge in [0.2, 0.25) is 10.0 Å². The van der Waals surface area contributed by atoms with Crippen molar-refractivity contribution in [3.8, 4) is 0 Å². The fourth-order valence-corrected chi connectivity index (χ4v) is 4.50. The molecule has 0 bridgehead atoms. The molecule has 22 heavy (non-hydrogen) atoms. The maximum Gasteiger partial charge on any atom is 0.243 e. The summed E-state index contributed by atoms with van der Waals surface area (Å²) in [7, 11) is -3.72. The van der Waals surface area contributed by atoms with Gasteiger partial charge in [-0.2, -0.15) is 4.31 Å². The molecule has 1 atom stereocenters. The number of halogens is 2. The lowest BCUT2D eigenvalue weighted by atomic mass is 10.1. The van der Waals surface area contributed by atoms with Crippen LogP contribution in [0.4, 0.5) is 8.78 Å². The van der Waals surface area contributed by atoms with Crippen molar-refractivity contribution in [1.29, 1.82) is 0 Å². The van der Waals surface area contributed by atoms with E-state index in [1.807, 2.05) is 0 Å². The highest BCUT2D eigenvalue weighted by Crippen LogP contribution is 2.36. The summed E-state index contributed by atoms with van der Waals surface area (Å²) >= 11 is 0. The van der Waals surface area contributed by atoms with Crippen molar-refractivity contribution in [2.45, 2.75) is 23.8 Å². The number of hydrogen-bond acceptors (Lipinski definition) is 2. The monoisotopic (exact) mass is 323 g/mol. The Balaban J connectivity index is 1.97. The molecule has 1 fully saturated rings. The van der Waals surface area contributed by atoms with Crippen molar-refractivity contribution in [3.05, 3.63) is 65.7 Å². The summed E-state index contributed by atoms with van der Waals surface area (Å²) in [6.45, 7) is 0.376. The average molecular weight is 323 g/mol. The van der Waals surface area contributed by atoms with Gasteiger partial charge in [0.1, 0.15) is 11.6 Å². The highest BCUT2D eigenvalue weighted by atomic mass is 32.2. The SMILES string of the molecule is O=S(=O)(c1ccc(F)cc1)N1CCC[C@@H]1c1cccc(F)c1. The van der Waals surface area contributed by atoms with E-state index < -0.39 is 15.8 Å². The van der Waals surface area contributed by atoms with Crippen LogP contribution < -0.4 is 0 Å². The minimum Gasteiger partial charge on any atom is -0.207 e.